The van der Waals surface area contributed by atoms with Crippen molar-refractivity contribution in [2.24, 2.45) is 10.4 Å². The average Bonchev–Trinajstić information content (AvgIpc) is 3.08. The van der Waals surface area contributed by atoms with Crippen LogP contribution in [0.15, 0.2) is 29.3 Å². The third-order valence-corrected chi connectivity index (χ3v) is 6.34. The van der Waals surface area contributed by atoms with Crippen molar-refractivity contribution in [1.82, 2.24) is 9.78 Å². The number of benzene rings is 1. The van der Waals surface area contributed by atoms with Gasteiger partial charge in [0, 0.05) is 30.9 Å². The quantitative estimate of drug-likeness (QED) is 0.187. The molecule has 2 aromatic rings. The molecule has 0 saturated carbocycles. The first-order chi connectivity index (χ1) is 15.9. The molecule has 0 saturated heterocycles. The van der Waals surface area contributed by atoms with Gasteiger partial charge < -0.3 is 9.47 Å². The fourth-order valence-corrected chi connectivity index (χ4v) is 3.49. The number of allylic oxidation sites excluding steroid dienone is 1. The maximum Gasteiger partial charge on any atom is 0.314 e. The Morgan fingerprint density at radius 2 is 1.68 bits per heavy atom. The lowest BCUT2D eigenvalue weighted by Crippen LogP contribution is -2.26. The SMILES string of the molecule is CCn1nc(C)c(C)c1/C(OCOC(=O)C(C)(C)CC)=C(\C=NC)c1ccc(C(C)(C)C)cc1. The number of aliphatic imine (C=N–C) groups is 1. The molecule has 0 amide bonds. The predicted octanol–water partition coefficient (Wildman–Crippen LogP) is 6.34. The van der Waals surface area contributed by atoms with E-state index in [-0.39, 0.29) is 18.2 Å². The first-order valence-electron chi connectivity index (χ1n) is 12.0. The fraction of sp³-hybridized carbons (Fsp3) is 0.536. The topological polar surface area (TPSA) is 65.7 Å². The highest BCUT2D eigenvalue weighted by Gasteiger charge is 2.28. The number of esters is 1. The van der Waals surface area contributed by atoms with Crippen molar-refractivity contribution in [2.45, 2.75) is 80.7 Å². The highest BCUT2D eigenvalue weighted by Crippen LogP contribution is 2.32. The van der Waals surface area contributed by atoms with Crippen LogP contribution >= 0.6 is 0 Å². The van der Waals surface area contributed by atoms with Crippen molar-refractivity contribution >= 4 is 23.5 Å². The van der Waals surface area contributed by atoms with E-state index in [2.05, 4.69) is 55.1 Å². The van der Waals surface area contributed by atoms with Crippen LogP contribution in [-0.2, 0) is 26.2 Å². The highest BCUT2D eigenvalue weighted by atomic mass is 16.7. The molecule has 1 aromatic carbocycles. The second kappa shape index (κ2) is 11.0. The molecule has 2 rings (SSSR count). The molecule has 0 spiro atoms. The van der Waals surface area contributed by atoms with E-state index in [9.17, 15) is 4.79 Å². The number of ether oxygens (including phenoxy) is 2. The summed E-state index contributed by atoms with van der Waals surface area (Å²) in [4.78, 5) is 16.9. The summed E-state index contributed by atoms with van der Waals surface area (Å²) in [6.45, 7) is 18.8. The number of rotatable bonds is 9. The van der Waals surface area contributed by atoms with Gasteiger partial charge in [-0.25, -0.2) is 0 Å². The summed E-state index contributed by atoms with van der Waals surface area (Å²) in [7, 11) is 1.74. The number of aromatic nitrogens is 2. The molecular formula is C28H41N3O3. The van der Waals surface area contributed by atoms with E-state index < -0.39 is 5.41 Å². The van der Waals surface area contributed by atoms with Gasteiger partial charge in [0.25, 0.3) is 0 Å². The Labute approximate surface area is 205 Å². The van der Waals surface area contributed by atoms with Gasteiger partial charge in [0.05, 0.1) is 11.1 Å². The number of aryl methyl sites for hydroxylation is 2. The monoisotopic (exact) mass is 467 g/mol. The molecule has 1 aromatic heterocycles. The van der Waals surface area contributed by atoms with Crippen LogP contribution in [0.4, 0.5) is 0 Å². The first-order valence-corrected chi connectivity index (χ1v) is 12.0. The van der Waals surface area contributed by atoms with E-state index >= 15 is 0 Å². The number of hydrogen-bond acceptors (Lipinski definition) is 5. The molecule has 6 heteroatoms. The Balaban J connectivity index is 2.62. The summed E-state index contributed by atoms with van der Waals surface area (Å²) in [6.07, 6.45) is 2.48. The molecule has 0 aliphatic rings. The number of carbonyl (C=O) groups excluding carboxylic acids is 1. The van der Waals surface area contributed by atoms with Crippen LogP contribution in [0.25, 0.3) is 11.3 Å². The highest BCUT2D eigenvalue weighted by molar-refractivity contribution is 6.18. The standard InChI is InChI=1S/C28H41N3O3/c1-11-28(8,9)26(32)34-18-33-25(24-19(3)20(4)30-31(24)12-2)23(17-29-10)21-13-15-22(16-14-21)27(5,6)7/h13-17H,11-12,18H2,1-10H3/b25-23-,29-17?. The van der Waals surface area contributed by atoms with Crippen molar-refractivity contribution < 1.29 is 14.3 Å². The average molecular weight is 468 g/mol. The minimum absolute atomic E-state index is 0.0510. The summed E-state index contributed by atoms with van der Waals surface area (Å²) in [6, 6.07) is 8.44. The van der Waals surface area contributed by atoms with Gasteiger partial charge in [-0.3, -0.25) is 14.5 Å². The molecule has 0 radical (unpaired) electrons. The summed E-state index contributed by atoms with van der Waals surface area (Å²) in [5.41, 5.74) is 5.31. The normalized spacial score (nSPS) is 13.2. The van der Waals surface area contributed by atoms with Gasteiger partial charge >= 0.3 is 5.97 Å². The number of carbonyl (C=O) groups is 1. The molecule has 1 heterocycles. The third kappa shape index (κ3) is 6.16. The second-order valence-electron chi connectivity index (χ2n) is 10.3. The largest absolute Gasteiger partial charge is 0.454 e. The lowest BCUT2D eigenvalue weighted by atomic mass is 9.86. The minimum Gasteiger partial charge on any atom is -0.454 e. The van der Waals surface area contributed by atoms with Crippen molar-refractivity contribution in [3.8, 4) is 0 Å². The Kier molecular flexibility index (Phi) is 8.87. The summed E-state index contributed by atoms with van der Waals surface area (Å²) < 4.78 is 13.7. The van der Waals surface area contributed by atoms with Crippen LogP contribution < -0.4 is 0 Å². The van der Waals surface area contributed by atoms with E-state index in [0.29, 0.717) is 18.7 Å². The zero-order chi connectivity index (χ0) is 25.7. The maximum atomic E-state index is 12.5. The predicted molar refractivity (Wildman–Crippen MR) is 140 cm³/mol. The lowest BCUT2D eigenvalue weighted by molar-refractivity contribution is -0.162. The third-order valence-electron chi connectivity index (χ3n) is 6.34. The van der Waals surface area contributed by atoms with Gasteiger partial charge in [0.2, 0.25) is 6.79 Å². The molecular weight excluding hydrogens is 426 g/mol. The Morgan fingerprint density at radius 3 is 2.18 bits per heavy atom. The lowest BCUT2D eigenvalue weighted by Gasteiger charge is -2.22. The van der Waals surface area contributed by atoms with E-state index in [0.717, 1.165) is 28.1 Å². The van der Waals surface area contributed by atoms with Crippen LogP contribution in [-0.4, -0.2) is 35.8 Å². The Bertz CT molecular complexity index is 1050. The molecule has 0 fully saturated rings. The molecule has 0 bridgehead atoms. The van der Waals surface area contributed by atoms with Crippen LogP contribution in [0.3, 0.4) is 0 Å². The fourth-order valence-electron chi connectivity index (χ4n) is 3.49. The van der Waals surface area contributed by atoms with Crippen LogP contribution in [0.1, 0.15) is 83.0 Å². The van der Waals surface area contributed by atoms with Crippen LogP contribution in [0.2, 0.25) is 0 Å². The molecule has 0 unspecified atom stereocenters. The first kappa shape index (κ1) is 27.4. The number of nitrogens with zero attached hydrogens (tertiary/aromatic N) is 3. The van der Waals surface area contributed by atoms with Crippen LogP contribution in [0, 0.1) is 19.3 Å². The summed E-state index contributed by atoms with van der Waals surface area (Å²) >= 11 is 0. The van der Waals surface area contributed by atoms with Crippen molar-refractivity contribution in [3.05, 3.63) is 52.3 Å². The van der Waals surface area contributed by atoms with Crippen molar-refractivity contribution in [2.75, 3.05) is 13.8 Å². The van der Waals surface area contributed by atoms with E-state index in [1.165, 1.54) is 5.56 Å². The molecule has 0 aliphatic heterocycles. The van der Waals surface area contributed by atoms with Gasteiger partial charge in [-0.05, 0) is 57.6 Å². The molecule has 0 atom stereocenters. The van der Waals surface area contributed by atoms with Crippen molar-refractivity contribution in [3.63, 3.8) is 0 Å². The van der Waals surface area contributed by atoms with Crippen molar-refractivity contribution in [1.29, 1.82) is 0 Å². The molecule has 0 aliphatic carbocycles. The molecule has 186 valence electrons. The van der Waals surface area contributed by atoms with E-state index in [1.54, 1.807) is 13.3 Å². The Morgan fingerprint density at radius 1 is 1.06 bits per heavy atom. The molecule has 34 heavy (non-hydrogen) atoms. The van der Waals surface area contributed by atoms with Gasteiger partial charge in [0.15, 0.2) is 5.76 Å². The van der Waals surface area contributed by atoms with Gasteiger partial charge in [-0.1, -0.05) is 52.0 Å². The van der Waals surface area contributed by atoms with Gasteiger partial charge in [-0.2, -0.15) is 5.10 Å². The van der Waals surface area contributed by atoms with Gasteiger partial charge in [-0.15, -0.1) is 0 Å². The molecule has 6 nitrogen and oxygen atoms in total. The van der Waals surface area contributed by atoms with Gasteiger partial charge in [0.1, 0.15) is 5.69 Å². The zero-order valence-corrected chi connectivity index (χ0v) is 22.6. The summed E-state index contributed by atoms with van der Waals surface area (Å²) in [5.74, 6) is 0.308. The second-order valence-corrected chi connectivity index (χ2v) is 10.3. The summed E-state index contributed by atoms with van der Waals surface area (Å²) in [5, 5.41) is 4.68. The maximum absolute atomic E-state index is 12.5. The van der Waals surface area contributed by atoms with E-state index in [4.69, 9.17) is 9.47 Å². The Hall–Kier alpha value is -2.89. The smallest absolute Gasteiger partial charge is 0.314 e. The van der Waals surface area contributed by atoms with E-state index in [1.807, 2.05) is 46.2 Å². The van der Waals surface area contributed by atoms with Crippen LogP contribution in [0.5, 0.6) is 0 Å². The minimum atomic E-state index is -0.568. The number of hydrogen-bond donors (Lipinski definition) is 0. The zero-order valence-electron chi connectivity index (χ0n) is 22.6. The molecule has 0 N–H and O–H groups in total.